The molecule has 5 heteroatoms. The van der Waals surface area contributed by atoms with Crippen LogP contribution in [-0.4, -0.2) is 39.6 Å². The Labute approximate surface area is 124 Å². The molecule has 0 atom stereocenters. The Bertz CT molecular complexity index is 721. The van der Waals surface area contributed by atoms with Gasteiger partial charge < -0.3 is 4.74 Å². The molecule has 1 saturated heterocycles. The maximum atomic E-state index is 12.2. The summed E-state index contributed by atoms with van der Waals surface area (Å²) in [7, 11) is 0. The van der Waals surface area contributed by atoms with Crippen molar-refractivity contribution in [1.29, 1.82) is 0 Å². The van der Waals surface area contributed by atoms with Gasteiger partial charge in [0.05, 0.1) is 18.9 Å². The predicted octanol–water partition coefficient (Wildman–Crippen LogP) is 1.61. The van der Waals surface area contributed by atoms with Crippen molar-refractivity contribution in [2.24, 2.45) is 0 Å². The number of nitrogens with zero attached hydrogens (tertiary/aromatic N) is 3. The Morgan fingerprint density at radius 2 is 2.24 bits per heavy atom. The predicted molar refractivity (Wildman–Crippen MR) is 81.5 cm³/mol. The van der Waals surface area contributed by atoms with Gasteiger partial charge >= 0.3 is 0 Å². The first-order valence-corrected chi connectivity index (χ1v) is 7.28. The monoisotopic (exact) mass is 287 g/mol. The molecule has 0 amide bonds. The topological polar surface area (TPSA) is 46.8 Å². The van der Waals surface area contributed by atoms with E-state index in [0.717, 1.165) is 30.1 Å². The Balaban J connectivity index is 1.98. The van der Waals surface area contributed by atoms with Crippen LogP contribution in [0.15, 0.2) is 29.2 Å². The number of morpholine rings is 1. The van der Waals surface area contributed by atoms with Gasteiger partial charge in [0, 0.05) is 30.9 Å². The van der Waals surface area contributed by atoms with Crippen molar-refractivity contribution >= 4 is 5.65 Å². The summed E-state index contributed by atoms with van der Waals surface area (Å²) < 4.78 is 7.14. The van der Waals surface area contributed by atoms with E-state index in [1.165, 1.54) is 0 Å². The fourth-order valence-corrected chi connectivity index (χ4v) is 2.77. The third-order valence-electron chi connectivity index (χ3n) is 4.11. The van der Waals surface area contributed by atoms with Crippen LogP contribution in [0, 0.1) is 6.92 Å². The number of ether oxygens (including phenoxy) is 1. The van der Waals surface area contributed by atoms with E-state index in [2.05, 4.69) is 23.7 Å². The second kappa shape index (κ2) is 5.24. The van der Waals surface area contributed by atoms with E-state index in [1.807, 2.05) is 19.1 Å². The number of pyridine rings is 1. The summed E-state index contributed by atoms with van der Waals surface area (Å²) in [4.78, 5) is 19.2. The Hall–Kier alpha value is -1.72. The van der Waals surface area contributed by atoms with Crippen LogP contribution in [0.4, 0.5) is 0 Å². The second-order valence-corrected chi connectivity index (χ2v) is 6.26. The molecule has 0 spiro atoms. The van der Waals surface area contributed by atoms with Gasteiger partial charge in [0.15, 0.2) is 0 Å². The summed E-state index contributed by atoms with van der Waals surface area (Å²) >= 11 is 0. The fourth-order valence-electron chi connectivity index (χ4n) is 2.77. The second-order valence-electron chi connectivity index (χ2n) is 6.26. The van der Waals surface area contributed by atoms with Crippen molar-refractivity contribution in [2.45, 2.75) is 32.9 Å². The lowest BCUT2D eigenvalue weighted by Crippen LogP contribution is -2.52. The first-order chi connectivity index (χ1) is 9.97. The molecule has 2 aromatic rings. The number of hydrogen-bond donors (Lipinski definition) is 0. The minimum Gasteiger partial charge on any atom is -0.378 e. The molecular weight excluding hydrogens is 266 g/mol. The average Bonchev–Trinajstić information content (AvgIpc) is 2.42. The summed E-state index contributed by atoms with van der Waals surface area (Å²) in [5.74, 6) is 0. The third kappa shape index (κ3) is 2.71. The first-order valence-electron chi connectivity index (χ1n) is 7.28. The normalized spacial score (nSPS) is 19.0. The highest BCUT2D eigenvalue weighted by Gasteiger charge is 2.30. The molecule has 2 aromatic heterocycles. The maximum Gasteiger partial charge on any atom is 0.258 e. The van der Waals surface area contributed by atoms with Crippen molar-refractivity contribution in [3.8, 4) is 0 Å². The van der Waals surface area contributed by atoms with E-state index in [0.29, 0.717) is 13.2 Å². The Morgan fingerprint density at radius 1 is 1.43 bits per heavy atom. The van der Waals surface area contributed by atoms with Crippen LogP contribution in [0.2, 0.25) is 0 Å². The van der Waals surface area contributed by atoms with Gasteiger partial charge in [0.1, 0.15) is 5.65 Å². The lowest BCUT2D eigenvalue weighted by atomic mass is 10.0. The molecule has 0 aliphatic carbocycles. The van der Waals surface area contributed by atoms with E-state index in [-0.39, 0.29) is 11.1 Å². The van der Waals surface area contributed by atoms with E-state index < -0.39 is 0 Å². The molecule has 0 unspecified atom stereocenters. The van der Waals surface area contributed by atoms with Crippen molar-refractivity contribution < 1.29 is 4.74 Å². The molecule has 3 heterocycles. The van der Waals surface area contributed by atoms with Gasteiger partial charge in [-0.3, -0.25) is 14.1 Å². The SMILES string of the molecule is Cc1cccn2c(=O)cc(CN3CCOCC3(C)C)nc12. The van der Waals surface area contributed by atoms with E-state index in [4.69, 9.17) is 4.74 Å². The molecular formula is C16H21N3O2. The van der Waals surface area contributed by atoms with Crippen LogP contribution < -0.4 is 5.56 Å². The summed E-state index contributed by atoms with van der Waals surface area (Å²) in [5, 5.41) is 0. The molecule has 1 aliphatic rings. The summed E-state index contributed by atoms with van der Waals surface area (Å²) in [5.41, 5.74) is 2.52. The zero-order valence-corrected chi connectivity index (χ0v) is 12.8. The fraction of sp³-hybridized carbons (Fsp3) is 0.500. The molecule has 1 aliphatic heterocycles. The molecule has 21 heavy (non-hydrogen) atoms. The number of rotatable bonds is 2. The summed E-state index contributed by atoms with van der Waals surface area (Å²) in [6, 6.07) is 5.48. The number of hydrogen-bond acceptors (Lipinski definition) is 4. The minimum absolute atomic E-state index is 0.0234. The molecule has 0 radical (unpaired) electrons. The van der Waals surface area contributed by atoms with Crippen LogP contribution >= 0.6 is 0 Å². The highest BCUT2D eigenvalue weighted by molar-refractivity contribution is 5.46. The zero-order valence-electron chi connectivity index (χ0n) is 12.8. The van der Waals surface area contributed by atoms with Gasteiger partial charge in [0.25, 0.3) is 5.56 Å². The minimum atomic E-state index is -0.0309. The molecule has 5 nitrogen and oxygen atoms in total. The highest BCUT2D eigenvalue weighted by atomic mass is 16.5. The van der Waals surface area contributed by atoms with Gasteiger partial charge in [-0.05, 0) is 32.4 Å². The van der Waals surface area contributed by atoms with Gasteiger partial charge in [-0.1, -0.05) is 6.07 Å². The number of aromatic nitrogens is 2. The lowest BCUT2D eigenvalue weighted by molar-refractivity contribution is -0.0557. The zero-order chi connectivity index (χ0) is 15.0. The van der Waals surface area contributed by atoms with Crippen LogP contribution in [0.25, 0.3) is 5.65 Å². The molecule has 3 rings (SSSR count). The maximum absolute atomic E-state index is 12.2. The molecule has 1 fully saturated rings. The molecule has 0 bridgehead atoms. The Kier molecular flexibility index (Phi) is 3.55. The van der Waals surface area contributed by atoms with E-state index in [9.17, 15) is 4.79 Å². The van der Waals surface area contributed by atoms with Crippen LogP contribution in [-0.2, 0) is 11.3 Å². The molecule has 112 valence electrons. The quantitative estimate of drug-likeness (QED) is 0.842. The van der Waals surface area contributed by atoms with Crippen molar-refractivity contribution in [2.75, 3.05) is 19.8 Å². The average molecular weight is 287 g/mol. The van der Waals surface area contributed by atoms with E-state index in [1.54, 1.807) is 16.7 Å². The summed E-state index contributed by atoms with van der Waals surface area (Å²) in [6.07, 6.45) is 1.76. The number of aryl methyl sites for hydroxylation is 1. The molecule has 0 N–H and O–H groups in total. The van der Waals surface area contributed by atoms with Gasteiger partial charge in [-0.2, -0.15) is 0 Å². The molecule has 0 aromatic carbocycles. The third-order valence-corrected chi connectivity index (χ3v) is 4.11. The smallest absolute Gasteiger partial charge is 0.258 e. The van der Waals surface area contributed by atoms with Crippen LogP contribution in [0.3, 0.4) is 0 Å². The highest BCUT2D eigenvalue weighted by Crippen LogP contribution is 2.21. The van der Waals surface area contributed by atoms with E-state index >= 15 is 0 Å². The number of fused-ring (bicyclic) bond motifs is 1. The van der Waals surface area contributed by atoms with Crippen LogP contribution in [0.1, 0.15) is 25.1 Å². The van der Waals surface area contributed by atoms with Crippen molar-refractivity contribution in [3.63, 3.8) is 0 Å². The molecule has 0 saturated carbocycles. The lowest BCUT2D eigenvalue weighted by Gasteiger charge is -2.41. The van der Waals surface area contributed by atoms with Crippen molar-refractivity contribution in [1.82, 2.24) is 14.3 Å². The van der Waals surface area contributed by atoms with Gasteiger partial charge in [-0.25, -0.2) is 4.98 Å². The van der Waals surface area contributed by atoms with Crippen molar-refractivity contribution in [3.05, 3.63) is 46.0 Å². The first kappa shape index (κ1) is 14.2. The largest absolute Gasteiger partial charge is 0.378 e. The van der Waals surface area contributed by atoms with Gasteiger partial charge in [0.2, 0.25) is 0 Å². The standard InChI is InChI=1S/C16H21N3O2/c1-12-5-4-6-19-14(20)9-13(17-15(12)19)10-18-7-8-21-11-16(18,2)3/h4-6,9H,7-8,10-11H2,1-3H3. The van der Waals surface area contributed by atoms with Gasteiger partial charge in [-0.15, -0.1) is 0 Å². The van der Waals surface area contributed by atoms with Crippen LogP contribution in [0.5, 0.6) is 0 Å². The Morgan fingerprint density at radius 3 is 3.00 bits per heavy atom. The summed E-state index contributed by atoms with van der Waals surface area (Å²) in [6.45, 7) is 9.27.